The summed E-state index contributed by atoms with van der Waals surface area (Å²) in [5, 5.41) is 19.6. The van der Waals surface area contributed by atoms with Crippen molar-refractivity contribution < 1.29 is 9.72 Å². The number of ketones is 1. The van der Waals surface area contributed by atoms with Gasteiger partial charge in [0.15, 0.2) is 5.78 Å². The summed E-state index contributed by atoms with van der Waals surface area (Å²) in [6, 6.07) is 5.87. The largest absolute Gasteiger partial charge is 0.328 e. The lowest BCUT2D eigenvalue weighted by atomic mass is 9.73. The Kier molecular flexibility index (Phi) is 4.06. The predicted octanol–water partition coefficient (Wildman–Crippen LogP) is 3.57. The number of benzene rings is 1. The number of allylic oxidation sites excluding steroid dienone is 2. The van der Waals surface area contributed by atoms with Crippen LogP contribution in [0.4, 0.5) is 11.6 Å². The molecule has 0 saturated heterocycles. The first-order chi connectivity index (χ1) is 12.8. The van der Waals surface area contributed by atoms with Crippen LogP contribution in [0.2, 0.25) is 0 Å². The van der Waals surface area contributed by atoms with E-state index in [0.29, 0.717) is 35.1 Å². The Labute approximate surface area is 160 Å². The second-order valence-corrected chi connectivity index (χ2v) is 8.35. The predicted molar refractivity (Wildman–Crippen MR) is 102 cm³/mol. The molecule has 140 valence electrons. The molecule has 0 radical (unpaired) electrons. The molecule has 0 bridgehead atoms. The van der Waals surface area contributed by atoms with E-state index in [4.69, 9.17) is 0 Å². The molecule has 9 heteroatoms. The summed E-state index contributed by atoms with van der Waals surface area (Å²) in [4.78, 5) is 28.3. The first-order valence-corrected chi connectivity index (χ1v) is 9.80. The second kappa shape index (κ2) is 6.19. The number of carbonyl (C=O) groups is 1. The molecular formula is C18H19N5O3S. The van der Waals surface area contributed by atoms with Crippen LogP contribution < -0.4 is 5.32 Å². The Bertz CT molecular complexity index is 995. The number of thioether (sulfide) groups is 1. The maximum atomic E-state index is 13.0. The van der Waals surface area contributed by atoms with Crippen molar-refractivity contribution in [1.29, 1.82) is 0 Å². The number of nitro groups is 1. The van der Waals surface area contributed by atoms with Gasteiger partial charge in [-0.15, -0.1) is 5.10 Å². The Morgan fingerprint density at radius 2 is 2.15 bits per heavy atom. The normalized spacial score (nSPS) is 20.7. The van der Waals surface area contributed by atoms with Gasteiger partial charge in [0.1, 0.15) is 6.04 Å². The third-order valence-electron chi connectivity index (χ3n) is 4.89. The maximum Gasteiger partial charge on any atom is 0.269 e. The second-order valence-electron chi connectivity index (χ2n) is 7.58. The fourth-order valence-corrected chi connectivity index (χ4v) is 4.14. The van der Waals surface area contributed by atoms with Gasteiger partial charge in [0, 0.05) is 29.8 Å². The number of nitrogens with one attached hydrogen (secondary N) is 1. The van der Waals surface area contributed by atoms with Crippen LogP contribution in [0.15, 0.2) is 40.7 Å². The molecule has 4 rings (SSSR count). The quantitative estimate of drug-likeness (QED) is 0.489. The highest BCUT2D eigenvalue weighted by Gasteiger charge is 2.42. The minimum absolute atomic E-state index is 0.0106. The summed E-state index contributed by atoms with van der Waals surface area (Å²) < 4.78 is 1.67. The third-order valence-corrected chi connectivity index (χ3v) is 5.43. The smallest absolute Gasteiger partial charge is 0.269 e. The Balaban J connectivity index is 1.92. The summed E-state index contributed by atoms with van der Waals surface area (Å²) in [6.45, 7) is 4.12. The molecule has 0 saturated carbocycles. The molecule has 1 N–H and O–H groups in total. The van der Waals surface area contributed by atoms with Gasteiger partial charge < -0.3 is 5.32 Å². The van der Waals surface area contributed by atoms with Crippen LogP contribution in [0.1, 0.15) is 38.3 Å². The molecule has 1 aromatic carbocycles. The van der Waals surface area contributed by atoms with Gasteiger partial charge >= 0.3 is 0 Å². The molecular weight excluding hydrogens is 366 g/mol. The van der Waals surface area contributed by atoms with Crippen molar-refractivity contribution in [2.24, 2.45) is 5.41 Å². The molecule has 0 spiro atoms. The Hall–Kier alpha value is -2.68. The lowest BCUT2D eigenvalue weighted by Crippen LogP contribution is -2.36. The van der Waals surface area contributed by atoms with Crippen LogP contribution in [-0.2, 0) is 4.79 Å². The number of rotatable bonds is 3. The highest BCUT2D eigenvalue weighted by atomic mass is 32.2. The minimum Gasteiger partial charge on any atom is -0.328 e. The average Bonchev–Trinajstić information content (AvgIpc) is 3.01. The van der Waals surface area contributed by atoms with Gasteiger partial charge in [-0.25, -0.2) is 4.68 Å². The molecule has 2 aromatic rings. The van der Waals surface area contributed by atoms with Crippen molar-refractivity contribution in [3.8, 4) is 0 Å². The van der Waals surface area contributed by atoms with E-state index in [9.17, 15) is 14.9 Å². The lowest BCUT2D eigenvalue weighted by molar-refractivity contribution is -0.384. The van der Waals surface area contributed by atoms with Crippen LogP contribution in [0.3, 0.4) is 0 Å². The van der Waals surface area contributed by atoms with Crippen molar-refractivity contribution in [2.45, 2.75) is 37.9 Å². The van der Waals surface area contributed by atoms with Gasteiger partial charge in [-0.1, -0.05) is 37.7 Å². The van der Waals surface area contributed by atoms with Gasteiger partial charge in [-0.2, -0.15) is 4.98 Å². The highest BCUT2D eigenvalue weighted by molar-refractivity contribution is 7.98. The zero-order valence-electron chi connectivity index (χ0n) is 15.2. The van der Waals surface area contributed by atoms with E-state index in [1.807, 2.05) is 6.26 Å². The molecule has 1 aliphatic heterocycles. The molecule has 27 heavy (non-hydrogen) atoms. The first kappa shape index (κ1) is 17.7. The molecule has 1 aliphatic carbocycles. The number of non-ortho nitro benzene ring substituents is 1. The van der Waals surface area contributed by atoms with E-state index >= 15 is 0 Å². The number of nitro benzene ring substituents is 1. The zero-order chi connectivity index (χ0) is 19.3. The van der Waals surface area contributed by atoms with Crippen LogP contribution in [0, 0.1) is 15.5 Å². The van der Waals surface area contributed by atoms with Crippen LogP contribution >= 0.6 is 11.8 Å². The van der Waals surface area contributed by atoms with Gasteiger partial charge in [0.25, 0.3) is 5.69 Å². The molecule has 8 nitrogen and oxygen atoms in total. The van der Waals surface area contributed by atoms with Crippen molar-refractivity contribution in [1.82, 2.24) is 14.8 Å². The summed E-state index contributed by atoms with van der Waals surface area (Å²) in [6.07, 6.45) is 3.02. The molecule has 0 unspecified atom stereocenters. The molecule has 1 atom stereocenters. The van der Waals surface area contributed by atoms with E-state index in [1.165, 1.54) is 23.9 Å². The van der Waals surface area contributed by atoms with Crippen LogP contribution in [0.5, 0.6) is 0 Å². The third kappa shape index (κ3) is 3.01. The molecule has 1 aromatic heterocycles. The summed E-state index contributed by atoms with van der Waals surface area (Å²) in [7, 11) is 0. The average molecular weight is 385 g/mol. The Morgan fingerprint density at radius 3 is 2.85 bits per heavy atom. The van der Waals surface area contributed by atoms with Gasteiger partial charge in [0.2, 0.25) is 11.1 Å². The number of hydrogen-bond donors (Lipinski definition) is 1. The van der Waals surface area contributed by atoms with Crippen molar-refractivity contribution in [3.05, 3.63) is 51.2 Å². The number of Topliss-reactive ketones (excluding diaryl/α,β-unsaturated/α-hetero) is 1. The van der Waals surface area contributed by atoms with Crippen molar-refractivity contribution in [2.75, 3.05) is 11.6 Å². The lowest BCUT2D eigenvalue weighted by Gasteiger charge is -2.38. The summed E-state index contributed by atoms with van der Waals surface area (Å²) in [5.41, 5.74) is 1.95. The summed E-state index contributed by atoms with van der Waals surface area (Å²) in [5.74, 6) is 0.595. The van der Waals surface area contributed by atoms with Crippen molar-refractivity contribution >= 4 is 29.2 Å². The van der Waals surface area contributed by atoms with E-state index in [-0.39, 0.29) is 16.9 Å². The van der Waals surface area contributed by atoms with E-state index in [1.54, 1.807) is 16.8 Å². The molecule has 0 fully saturated rings. The topological polar surface area (TPSA) is 103 Å². The number of hydrogen-bond acceptors (Lipinski definition) is 7. The number of nitrogens with zero attached hydrogens (tertiary/aromatic N) is 4. The van der Waals surface area contributed by atoms with Gasteiger partial charge in [-0.05, 0) is 23.7 Å². The Morgan fingerprint density at radius 1 is 1.37 bits per heavy atom. The fourth-order valence-electron chi connectivity index (χ4n) is 3.79. The highest BCUT2D eigenvalue weighted by Crippen LogP contribution is 2.45. The van der Waals surface area contributed by atoms with Crippen LogP contribution in [0.25, 0.3) is 0 Å². The van der Waals surface area contributed by atoms with E-state index in [2.05, 4.69) is 29.2 Å². The monoisotopic (exact) mass is 385 g/mol. The number of aromatic nitrogens is 3. The number of carbonyl (C=O) groups excluding carboxylic acids is 1. The maximum absolute atomic E-state index is 13.0. The zero-order valence-corrected chi connectivity index (χ0v) is 16.0. The molecule has 2 aliphatic rings. The molecule has 0 amide bonds. The fraction of sp³-hybridized carbons (Fsp3) is 0.389. The van der Waals surface area contributed by atoms with E-state index in [0.717, 1.165) is 5.70 Å². The molecule has 2 heterocycles. The first-order valence-electron chi connectivity index (χ1n) is 8.57. The van der Waals surface area contributed by atoms with E-state index < -0.39 is 11.0 Å². The van der Waals surface area contributed by atoms with Gasteiger partial charge in [0.05, 0.1) is 4.92 Å². The standard InChI is InChI=1S/C18H19N5O3S/c1-18(2)8-12-14(13(24)9-18)15(10-5-4-6-11(7-10)23(25)26)22-16(19-12)20-17(21-22)27-3/h4-7,15H,8-9H2,1-3H3,(H,19,20,21)/t15-/m0/s1. The number of anilines is 1. The minimum atomic E-state index is -0.520. The van der Waals surface area contributed by atoms with Gasteiger partial charge in [-0.3, -0.25) is 14.9 Å². The van der Waals surface area contributed by atoms with Crippen molar-refractivity contribution in [3.63, 3.8) is 0 Å². The number of fused-ring (bicyclic) bond motifs is 1. The summed E-state index contributed by atoms with van der Waals surface area (Å²) >= 11 is 1.41. The van der Waals surface area contributed by atoms with Crippen LogP contribution in [-0.4, -0.2) is 31.7 Å². The SMILES string of the molecule is CSc1nc2n(n1)[C@@H](c1cccc([N+](=O)[O-])c1)C1=C(CC(C)(C)CC1=O)N2.